The van der Waals surface area contributed by atoms with Gasteiger partial charge in [0.15, 0.2) is 0 Å². The number of hydrogen-bond acceptors (Lipinski definition) is 3. The fourth-order valence-corrected chi connectivity index (χ4v) is 2.63. The summed E-state index contributed by atoms with van der Waals surface area (Å²) in [6.45, 7) is 1.62. The van der Waals surface area contributed by atoms with Crippen molar-refractivity contribution in [1.29, 1.82) is 0 Å². The molecule has 1 aromatic rings. The van der Waals surface area contributed by atoms with Crippen molar-refractivity contribution in [2.45, 2.75) is 24.4 Å². The molecule has 0 radical (unpaired) electrons. The van der Waals surface area contributed by atoms with Gasteiger partial charge in [0.1, 0.15) is 0 Å². The Kier molecular flexibility index (Phi) is 3.59. The van der Waals surface area contributed by atoms with Crippen LogP contribution >= 0.6 is 0 Å². The highest BCUT2D eigenvalue weighted by atomic mass is 16.3. The van der Waals surface area contributed by atoms with Crippen molar-refractivity contribution in [2.75, 3.05) is 19.7 Å². The molecule has 16 heavy (non-hydrogen) atoms. The van der Waals surface area contributed by atoms with Gasteiger partial charge in [0, 0.05) is 5.41 Å². The maximum absolute atomic E-state index is 10.1. The van der Waals surface area contributed by atoms with Crippen LogP contribution in [0.25, 0.3) is 0 Å². The molecule has 0 bridgehead atoms. The van der Waals surface area contributed by atoms with Crippen molar-refractivity contribution in [2.24, 2.45) is 0 Å². The maximum atomic E-state index is 10.1. The van der Waals surface area contributed by atoms with E-state index in [-0.39, 0.29) is 12.0 Å². The Bertz CT molecular complexity index is 320. The minimum atomic E-state index is -0.669. The van der Waals surface area contributed by atoms with Crippen LogP contribution < -0.4 is 5.32 Å². The Labute approximate surface area is 96.1 Å². The molecular formula is C13H19NO2. The van der Waals surface area contributed by atoms with E-state index in [2.05, 4.69) is 5.32 Å². The third kappa shape index (κ3) is 1.98. The van der Waals surface area contributed by atoms with Gasteiger partial charge in [-0.3, -0.25) is 0 Å². The van der Waals surface area contributed by atoms with Gasteiger partial charge in [0.25, 0.3) is 0 Å². The largest absolute Gasteiger partial charge is 0.394 e. The molecule has 1 atom stereocenters. The predicted octanol–water partition coefficient (Wildman–Crippen LogP) is 0.661. The Hall–Kier alpha value is -0.900. The molecular weight excluding hydrogens is 202 g/mol. The highest BCUT2D eigenvalue weighted by molar-refractivity contribution is 5.28. The summed E-state index contributed by atoms with van der Waals surface area (Å²) in [6.07, 6.45) is 1.08. The van der Waals surface area contributed by atoms with Crippen LogP contribution in [0.15, 0.2) is 30.3 Å². The summed E-state index contributed by atoms with van der Waals surface area (Å²) in [5.41, 5.74) is 0.861. The summed E-state index contributed by atoms with van der Waals surface area (Å²) in [7, 11) is 0. The van der Waals surface area contributed by atoms with Crippen molar-refractivity contribution in [3.8, 4) is 0 Å². The lowest BCUT2D eigenvalue weighted by Crippen LogP contribution is -2.49. The van der Waals surface area contributed by atoms with Gasteiger partial charge in [-0.15, -0.1) is 0 Å². The van der Waals surface area contributed by atoms with Crippen LogP contribution in [0.1, 0.15) is 18.4 Å². The van der Waals surface area contributed by atoms with Gasteiger partial charge < -0.3 is 15.5 Å². The van der Waals surface area contributed by atoms with Crippen LogP contribution in [0, 0.1) is 0 Å². The van der Waals surface area contributed by atoms with Crippen molar-refractivity contribution >= 4 is 0 Å². The topological polar surface area (TPSA) is 52.5 Å². The first-order valence-corrected chi connectivity index (χ1v) is 5.85. The number of hydrogen-bond donors (Lipinski definition) is 3. The van der Waals surface area contributed by atoms with E-state index in [9.17, 15) is 10.2 Å². The van der Waals surface area contributed by atoms with Gasteiger partial charge in [-0.25, -0.2) is 0 Å². The second-order valence-electron chi connectivity index (χ2n) is 4.47. The van der Waals surface area contributed by atoms with Crippen LogP contribution in [-0.2, 0) is 5.41 Å². The molecule has 88 valence electrons. The molecule has 1 heterocycles. The zero-order valence-corrected chi connectivity index (χ0v) is 9.39. The monoisotopic (exact) mass is 221 g/mol. The van der Waals surface area contributed by atoms with Crippen LogP contribution in [0.4, 0.5) is 0 Å². The highest BCUT2D eigenvalue weighted by Gasteiger charge is 2.40. The normalized spacial score (nSPS) is 21.6. The van der Waals surface area contributed by atoms with Gasteiger partial charge in [0.2, 0.25) is 0 Å². The van der Waals surface area contributed by atoms with E-state index >= 15 is 0 Å². The number of rotatable bonds is 3. The Morgan fingerprint density at radius 1 is 1.19 bits per heavy atom. The Balaban J connectivity index is 2.34. The first-order chi connectivity index (χ1) is 7.79. The standard InChI is InChI=1S/C13H19NO2/c15-10-12(16)13(6-8-14-9-7-13)11-4-2-1-3-5-11/h1-5,12,14-16H,6-10H2. The van der Waals surface area contributed by atoms with E-state index in [0.717, 1.165) is 31.5 Å². The summed E-state index contributed by atoms with van der Waals surface area (Å²) in [6, 6.07) is 10.0. The molecule has 0 saturated carbocycles. The lowest BCUT2D eigenvalue weighted by molar-refractivity contribution is 0.0121. The van der Waals surface area contributed by atoms with E-state index in [1.165, 1.54) is 0 Å². The minimum absolute atomic E-state index is 0.172. The predicted molar refractivity (Wildman–Crippen MR) is 63.3 cm³/mol. The lowest BCUT2D eigenvalue weighted by Gasteiger charge is -2.41. The average Bonchev–Trinajstić information content (AvgIpc) is 2.39. The van der Waals surface area contributed by atoms with E-state index in [1.54, 1.807) is 0 Å². The molecule has 1 unspecified atom stereocenters. The van der Waals surface area contributed by atoms with Crippen molar-refractivity contribution in [3.05, 3.63) is 35.9 Å². The summed E-state index contributed by atoms with van der Waals surface area (Å²) in [5, 5.41) is 22.6. The molecule has 3 nitrogen and oxygen atoms in total. The molecule has 0 amide bonds. The number of nitrogens with one attached hydrogen (secondary N) is 1. The van der Waals surface area contributed by atoms with E-state index < -0.39 is 6.10 Å². The molecule has 1 fully saturated rings. The van der Waals surface area contributed by atoms with Crippen LogP contribution in [0.3, 0.4) is 0 Å². The van der Waals surface area contributed by atoms with Gasteiger partial charge in [-0.1, -0.05) is 30.3 Å². The molecule has 1 saturated heterocycles. The zero-order valence-electron chi connectivity index (χ0n) is 9.39. The number of benzene rings is 1. The van der Waals surface area contributed by atoms with Crippen molar-refractivity contribution in [1.82, 2.24) is 5.32 Å². The van der Waals surface area contributed by atoms with Crippen LogP contribution in [0.5, 0.6) is 0 Å². The first kappa shape index (κ1) is 11.6. The van der Waals surface area contributed by atoms with Gasteiger partial charge in [-0.2, -0.15) is 0 Å². The summed E-state index contributed by atoms with van der Waals surface area (Å²) in [5.74, 6) is 0. The third-order valence-corrected chi connectivity index (χ3v) is 3.66. The van der Waals surface area contributed by atoms with E-state index in [4.69, 9.17) is 0 Å². The van der Waals surface area contributed by atoms with E-state index in [0.29, 0.717) is 0 Å². The number of aliphatic hydroxyl groups is 2. The van der Waals surface area contributed by atoms with Crippen LogP contribution in [-0.4, -0.2) is 36.0 Å². The Morgan fingerprint density at radius 2 is 1.81 bits per heavy atom. The van der Waals surface area contributed by atoms with Gasteiger partial charge >= 0.3 is 0 Å². The average molecular weight is 221 g/mol. The second kappa shape index (κ2) is 4.95. The molecule has 3 heteroatoms. The van der Waals surface area contributed by atoms with Crippen LogP contribution in [0.2, 0.25) is 0 Å². The summed E-state index contributed by atoms with van der Waals surface area (Å²) < 4.78 is 0. The minimum Gasteiger partial charge on any atom is -0.394 e. The highest BCUT2D eigenvalue weighted by Crippen LogP contribution is 2.36. The third-order valence-electron chi connectivity index (χ3n) is 3.66. The summed E-state index contributed by atoms with van der Waals surface area (Å²) >= 11 is 0. The smallest absolute Gasteiger partial charge is 0.0868 e. The molecule has 1 aliphatic heterocycles. The fourth-order valence-electron chi connectivity index (χ4n) is 2.63. The lowest BCUT2D eigenvalue weighted by atomic mass is 9.69. The number of aliphatic hydroxyl groups excluding tert-OH is 2. The SMILES string of the molecule is OCC(O)C1(c2ccccc2)CCNCC1. The molecule has 1 aliphatic rings. The molecule has 0 aliphatic carbocycles. The first-order valence-electron chi connectivity index (χ1n) is 5.85. The molecule has 1 aromatic carbocycles. The molecule has 0 aromatic heterocycles. The fraction of sp³-hybridized carbons (Fsp3) is 0.538. The van der Waals surface area contributed by atoms with E-state index in [1.807, 2.05) is 30.3 Å². The zero-order chi connectivity index (χ0) is 11.4. The molecule has 2 rings (SSSR count). The molecule has 0 spiro atoms. The summed E-state index contributed by atoms with van der Waals surface area (Å²) in [4.78, 5) is 0. The van der Waals surface area contributed by atoms with Crippen molar-refractivity contribution < 1.29 is 10.2 Å². The second-order valence-corrected chi connectivity index (χ2v) is 4.47. The van der Waals surface area contributed by atoms with Gasteiger partial charge in [-0.05, 0) is 31.5 Å². The number of piperidine rings is 1. The van der Waals surface area contributed by atoms with Gasteiger partial charge in [0.05, 0.1) is 12.7 Å². The molecule has 3 N–H and O–H groups in total. The quantitative estimate of drug-likeness (QED) is 0.703. The Morgan fingerprint density at radius 3 is 2.38 bits per heavy atom. The maximum Gasteiger partial charge on any atom is 0.0868 e. The van der Waals surface area contributed by atoms with Crippen molar-refractivity contribution in [3.63, 3.8) is 0 Å².